The monoisotopic (exact) mass is 308 g/mol. The van der Waals surface area contributed by atoms with Gasteiger partial charge in [-0.05, 0) is 44.9 Å². The van der Waals surface area contributed by atoms with E-state index in [1.165, 1.54) is 0 Å². The van der Waals surface area contributed by atoms with E-state index in [0.717, 1.165) is 12.8 Å². The van der Waals surface area contributed by atoms with Crippen LogP contribution in [0.25, 0.3) is 0 Å². The summed E-state index contributed by atoms with van der Waals surface area (Å²) in [7, 11) is -3.12. The van der Waals surface area contributed by atoms with E-state index in [1.54, 1.807) is 0 Å². The number of aliphatic hydroxyl groups excluding tert-OH is 1. The van der Waals surface area contributed by atoms with Gasteiger partial charge < -0.3 is 14.2 Å². The highest BCUT2D eigenvalue weighted by Crippen LogP contribution is 2.52. The van der Waals surface area contributed by atoms with Crippen LogP contribution < -0.4 is 0 Å². The molecule has 0 spiro atoms. The van der Waals surface area contributed by atoms with Crippen LogP contribution in [-0.4, -0.2) is 30.1 Å². The molecular formula is C15H33O4P. The Morgan fingerprint density at radius 1 is 0.900 bits per heavy atom. The lowest BCUT2D eigenvalue weighted by Gasteiger charge is -2.26. The summed E-state index contributed by atoms with van der Waals surface area (Å²) in [6.45, 7) is 12.3. The number of aliphatic hydroxyl groups is 1. The Morgan fingerprint density at radius 3 is 1.60 bits per heavy atom. The third-order valence-corrected chi connectivity index (χ3v) is 5.10. The van der Waals surface area contributed by atoms with Crippen molar-refractivity contribution in [3.05, 3.63) is 0 Å². The van der Waals surface area contributed by atoms with Crippen LogP contribution in [0, 0.1) is 11.8 Å². The van der Waals surface area contributed by atoms with E-state index < -0.39 is 7.60 Å². The lowest BCUT2D eigenvalue weighted by atomic mass is 10.1. The third-order valence-electron chi connectivity index (χ3n) is 2.88. The summed E-state index contributed by atoms with van der Waals surface area (Å²) in [5, 5.41) is 8.96. The van der Waals surface area contributed by atoms with Gasteiger partial charge in [0.1, 0.15) is 0 Å². The minimum Gasteiger partial charge on any atom is -0.396 e. The molecule has 0 rings (SSSR count). The highest BCUT2D eigenvalue weighted by atomic mass is 31.2. The zero-order chi connectivity index (χ0) is 15.8. The SMILES string of the molecule is CC(C)CC(C)OP(=O)(CCCO)OC(C)CC(C)C. The minimum atomic E-state index is -3.12. The molecule has 2 unspecified atom stereocenters. The Morgan fingerprint density at radius 2 is 1.30 bits per heavy atom. The Balaban J connectivity index is 4.60. The summed E-state index contributed by atoms with van der Waals surface area (Å²) in [6, 6.07) is 0. The van der Waals surface area contributed by atoms with E-state index in [0.29, 0.717) is 18.3 Å². The number of hydrogen-bond acceptors (Lipinski definition) is 4. The van der Waals surface area contributed by atoms with Gasteiger partial charge in [0.05, 0.1) is 18.4 Å². The van der Waals surface area contributed by atoms with Gasteiger partial charge in [-0.25, -0.2) is 0 Å². The van der Waals surface area contributed by atoms with Crippen LogP contribution in [-0.2, 0) is 13.6 Å². The Kier molecular flexibility index (Phi) is 10.00. The van der Waals surface area contributed by atoms with Crippen LogP contribution in [0.4, 0.5) is 0 Å². The van der Waals surface area contributed by atoms with Gasteiger partial charge in [0, 0.05) is 6.61 Å². The largest absolute Gasteiger partial charge is 0.396 e. The summed E-state index contributed by atoms with van der Waals surface area (Å²) in [5.41, 5.74) is 0. The van der Waals surface area contributed by atoms with E-state index in [1.807, 2.05) is 13.8 Å². The van der Waals surface area contributed by atoms with Crippen molar-refractivity contribution in [1.29, 1.82) is 0 Å². The van der Waals surface area contributed by atoms with Crippen molar-refractivity contribution in [2.45, 2.75) is 73.0 Å². The van der Waals surface area contributed by atoms with Crippen molar-refractivity contribution in [3.8, 4) is 0 Å². The van der Waals surface area contributed by atoms with E-state index in [9.17, 15) is 4.57 Å². The lowest BCUT2D eigenvalue weighted by Crippen LogP contribution is -2.17. The summed E-state index contributed by atoms with van der Waals surface area (Å²) in [6.07, 6.45) is 2.25. The maximum Gasteiger partial charge on any atom is 0.331 e. The Bertz CT molecular complexity index is 270. The zero-order valence-corrected chi connectivity index (χ0v) is 14.9. The normalized spacial score (nSPS) is 18.2. The summed E-state index contributed by atoms with van der Waals surface area (Å²) in [5.74, 6) is 0.980. The summed E-state index contributed by atoms with van der Waals surface area (Å²) in [4.78, 5) is 0. The fraction of sp³-hybridized carbons (Fsp3) is 1.00. The molecule has 0 bridgehead atoms. The average Bonchev–Trinajstić information content (AvgIpc) is 2.23. The van der Waals surface area contributed by atoms with Crippen LogP contribution in [0.15, 0.2) is 0 Å². The fourth-order valence-corrected chi connectivity index (χ4v) is 4.41. The van der Waals surface area contributed by atoms with Crippen molar-refractivity contribution in [1.82, 2.24) is 0 Å². The molecule has 122 valence electrons. The zero-order valence-electron chi connectivity index (χ0n) is 14.0. The van der Waals surface area contributed by atoms with Gasteiger partial charge in [-0.1, -0.05) is 27.7 Å². The molecule has 0 aromatic rings. The maximum atomic E-state index is 12.8. The summed E-state index contributed by atoms with van der Waals surface area (Å²) < 4.78 is 24.3. The molecule has 0 aliphatic rings. The second-order valence-electron chi connectivity index (χ2n) is 6.50. The van der Waals surface area contributed by atoms with Gasteiger partial charge >= 0.3 is 7.60 Å². The highest BCUT2D eigenvalue weighted by molar-refractivity contribution is 7.53. The molecule has 0 heterocycles. The molecule has 0 aromatic heterocycles. The van der Waals surface area contributed by atoms with Crippen LogP contribution in [0.1, 0.15) is 60.8 Å². The molecule has 0 amide bonds. The fourth-order valence-electron chi connectivity index (χ4n) is 2.36. The Labute approximate surface area is 124 Å². The molecule has 2 atom stereocenters. The second kappa shape index (κ2) is 9.94. The van der Waals surface area contributed by atoms with E-state index in [2.05, 4.69) is 27.7 Å². The first kappa shape index (κ1) is 20.1. The third kappa shape index (κ3) is 9.93. The van der Waals surface area contributed by atoms with Crippen LogP contribution in [0.2, 0.25) is 0 Å². The predicted molar refractivity (Wildman–Crippen MR) is 84.2 cm³/mol. The first-order valence-electron chi connectivity index (χ1n) is 7.75. The van der Waals surface area contributed by atoms with E-state index >= 15 is 0 Å². The highest BCUT2D eigenvalue weighted by Gasteiger charge is 2.29. The van der Waals surface area contributed by atoms with Gasteiger partial charge in [0.25, 0.3) is 0 Å². The topological polar surface area (TPSA) is 55.8 Å². The van der Waals surface area contributed by atoms with E-state index in [4.69, 9.17) is 14.2 Å². The molecule has 1 N–H and O–H groups in total. The predicted octanol–water partition coefficient (Wildman–Crippen LogP) is 4.46. The maximum absolute atomic E-state index is 12.8. The molecule has 0 aromatic carbocycles. The quantitative estimate of drug-likeness (QED) is 0.572. The first-order valence-corrected chi connectivity index (χ1v) is 9.48. The molecule has 4 nitrogen and oxygen atoms in total. The van der Waals surface area contributed by atoms with Gasteiger partial charge in [0.2, 0.25) is 0 Å². The number of rotatable bonds is 11. The van der Waals surface area contributed by atoms with Crippen molar-refractivity contribution in [3.63, 3.8) is 0 Å². The molecular weight excluding hydrogens is 275 g/mol. The molecule has 0 aliphatic heterocycles. The standard InChI is InChI=1S/C15H33O4P/c1-12(2)10-14(5)18-20(17,9-7-8-16)19-15(6)11-13(3)4/h12-16H,7-11H2,1-6H3. The minimum absolute atomic E-state index is 0.00777. The molecule has 0 fully saturated rings. The molecule has 0 saturated carbocycles. The molecule has 0 radical (unpaired) electrons. The average molecular weight is 308 g/mol. The van der Waals surface area contributed by atoms with E-state index in [-0.39, 0.29) is 25.0 Å². The lowest BCUT2D eigenvalue weighted by molar-refractivity contribution is 0.107. The van der Waals surface area contributed by atoms with Crippen molar-refractivity contribution < 1.29 is 18.7 Å². The molecule has 0 aliphatic carbocycles. The van der Waals surface area contributed by atoms with Crippen molar-refractivity contribution in [2.24, 2.45) is 11.8 Å². The van der Waals surface area contributed by atoms with Gasteiger partial charge in [0.15, 0.2) is 0 Å². The summed E-state index contributed by atoms with van der Waals surface area (Å²) >= 11 is 0. The van der Waals surface area contributed by atoms with Crippen molar-refractivity contribution >= 4 is 7.60 Å². The van der Waals surface area contributed by atoms with Gasteiger partial charge in [-0.15, -0.1) is 0 Å². The van der Waals surface area contributed by atoms with Crippen molar-refractivity contribution in [2.75, 3.05) is 12.8 Å². The van der Waals surface area contributed by atoms with Crippen LogP contribution >= 0.6 is 7.60 Å². The smallest absolute Gasteiger partial charge is 0.331 e. The Hall–Kier alpha value is 0.110. The first-order chi connectivity index (χ1) is 9.18. The van der Waals surface area contributed by atoms with Crippen LogP contribution in [0.3, 0.4) is 0 Å². The number of hydrogen-bond donors (Lipinski definition) is 1. The molecule has 5 heteroatoms. The second-order valence-corrected chi connectivity index (χ2v) is 8.59. The van der Waals surface area contributed by atoms with Crippen LogP contribution in [0.5, 0.6) is 0 Å². The molecule has 20 heavy (non-hydrogen) atoms. The van der Waals surface area contributed by atoms with Gasteiger partial charge in [-0.3, -0.25) is 4.57 Å². The van der Waals surface area contributed by atoms with Gasteiger partial charge in [-0.2, -0.15) is 0 Å². The molecule has 0 saturated heterocycles.